The van der Waals surface area contributed by atoms with E-state index in [-0.39, 0.29) is 18.1 Å². The lowest BCUT2D eigenvalue weighted by Crippen LogP contribution is -2.19. The number of Topliss-reactive ketones (excluding diaryl/α,β-unsaturated/α-hetero) is 1. The van der Waals surface area contributed by atoms with E-state index in [4.69, 9.17) is 19.9 Å². The summed E-state index contributed by atoms with van der Waals surface area (Å²) in [5, 5.41) is 0. The standard InChI is InChI=1S/C18H15NO5/c1-22-12-4-2-3-11(7-12)8-16-18(21)14-6-5-13(9-15(14)24-16)23-10-17(19)20/h2-9H,10H2,1H3,(H2,19,20)/b16-8+. The molecular weight excluding hydrogens is 310 g/mol. The Morgan fingerprint density at radius 1 is 1.21 bits per heavy atom. The maximum absolute atomic E-state index is 12.4. The second kappa shape index (κ2) is 6.45. The van der Waals surface area contributed by atoms with Crippen LogP contribution in [0.5, 0.6) is 17.2 Å². The molecule has 2 aromatic rings. The van der Waals surface area contributed by atoms with Crippen molar-refractivity contribution in [3.05, 3.63) is 59.4 Å². The highest BCUT2D eigenvalue weighted by molar-refractivity contribution is 6.14. The van der Waals surface area contributed by atoms with Crippen molar-refractivity contribution in [2.24, 2.45) is 5.73 Å². The molecule has 1 heterocycles. The van der Waals surface area contributed by atoms with E-state index in [9.17, 15) is 9.59 Å². The first-order valence-corrected chi connectivity index (χ1v) is 7.20. The zero-order valence-corrected chi connectivity index (χ0v) is 12.9. The Kier molecular flexibility index (Phi) is 4.20. The Morgan fingerprint density at radius 3 is 2.79 bits per heavy atom. The van der Waals surface area contributed by atoms with Crippen LogP contribution in [0.2, 0.25) is 0 Å². The normalized spacial score (nSPS) is 14.2. The van der Waals surface area contributed by atoms with Crippen molar-refractivity contribution in [1.82, 2.24) is 0 Å². The molecule has 0 saturated carbocycles. The molecule has 3 rings (SSSR count). The Bertz CT molecular complexity index is 841. The number of benzene rings is 2. The van der Waals surface area contributed by atoms with Crippen LogP contribution in [-0.2, 0) is 4.79 Å². The van der Waals surface area contributed by atoms with E-state index >= 15 is 0 Å². The molecule has 0 bridgehead atoms. The first kappa shape index (κ1) is 15.6. The fourth-order valence-electron chi connectivity index (χ4n) is 2.29. The number of methoxy groups -OCH3 is 1. The molecule has 122 valence electrons. The average molecular weight is 325 g/mol. The van der Waals surface area contributed by atoms with Gasteiger partial charge in [0.2, 0.25) is 5.78 Å². The lowest BCUT2D eigenvalue weighted by Gasteiger charge is -2.04. The number of allylic oxidation sites excluding steroid dienone is 1. The van der Waals surface area contributed by atoms with Crippen molar-refractivity contribution in [2.75, 3.05) is 13.7 Å². The average Bonchev–Trinajstić information content (AvgIpc) is 2.88. The molecule has 2 N–H and O–H groups in total. The number of ketones is 1. The lowest BCUT2D eigenvalue weighted by molar-refractivity contribution is -0.119. The van der Waals surface area contributed by atoms with Crippen LogP contribution in [0.4, 0.5) is 0 Å². The van der Waals surface area contributed by atoms with Crippen molar-refractivity contribution in [1.29, 1.82) is 0 Å². The molecule has 6 heteroatoms. The molecule has 6 nitrogen and oxygen atoms in total. The van der Waals surface area contributed by atoms with Crippen molar-refractivity contribution < 1.29 is 23.8 Å². The van der Waals surface area contributed by atoms with E-state index in [1.807, 2.05) is 18.2 Å². The van der Waals surface area contributed by atoms with Gasteiger partial charge in [-0.3, -0.25) is 9.59 Å². The molecule has 0 saturated heterocycles. The number of carbonyl (C=O) groups is 2. The van der Waals surface area contributed by atoms with Crippen molar-refractivity contribution in [3.8, 4) is 17.2 Å². The van der Waals surface area contributed by atoms with Gasteiger partial charge in [0.25, 0.3) is 5.91 Å². The van der Waals surface area contributed by atoms with Gasteiger partial charge in [-0.05, 0) is 35.9 Å². The van der Waals surface area contributed by atoms with Crippen LogP contribution in [0.1, 0.15) is 15.9 Å². The molecule has 1 aliphatic rings. The maximum Gasteiger partial charge on any atom is 0.255 e. The summed E-state index contributed by atoms with van der Waals surface area (Å²) >= 11 is 0. The van der Waals surface area contributed by atoms with E-state index in [1.165, 1.54) is 0 Å². The molecule has 0 aromatic heterocycles. The first-order valence-electron chi connectivity index (χ1n) is 7.20. The van der Waals surface area contributed by atoms with Gasteiger partial charge in [0, 0.05) is 6.07 Å². The molecule has 24 heavy (non-hydrogen) atoms. The van der Waals surface area contributed by atoms with Crippen LogP contribution in [0.15, 0.2) is 48.2 Å². The number of ether oxygens (including phenoxy) is 3. The summed E-state index contributed by atoms with van der Waals surface area (Å²) in [6.45, 7) is -0.237. The molecule has 0 fully saturated rings. The van der Waals surface area contributed by atoms with E-state index in [2.05, 4.69) is 0 Å². The van der Waals surface area contributed by atoms with Gasteiger partial charge in [0.15, 0.2) is 12.4 Å². The predicted octanol–water partition coefficient (Wildman–Crippen LogP) is 2.18. The number of hydrogen-bond acceptors (Lipinski definition) is 5. The minimum atomic E-state index is -0.578. The number of fused-ring (bicyclic) bond motifs is 1. The van der Waals surface area contributed by atoms with Crippen LogP contribution >= 0.6 is 0 Å². The van der Waals surface area contributed by atoms with Crippen molar-refractivity contribution >= 4 is 17.8 Å². The largest absolute Gasteiger partial charge is 0.497 e. The fourth-order valence-corrected chi connectivity index (χ4v) is 2.29. The van der Waals surface area contributed by atoms with Gasteiger partial charge in [0.1, 0.15) is 17.2 Å². The third kappa shape index (κ3) is 3.22. The second-order valence-corrected chi connectivity index (χ2v) is 5.13. The van der Waals surface area contributed by atoms with Gasteiger partial charge in [-0.25, -0.2) is 0 Å². The van der Waals surface area contributed by atoms with Crippen LogP contribution in [0.25, 0.3) is 6.08 Å². The molecule has 0 spiro atoms. The SMILES string of the molecule is COc1cccc(/C=C2/Oc3cc(OCC(N)=O)ccc3C2=O)c1. The minimum absolute atomic E-state index is 0.213. The molecule has 0 unspecified atom stereocenters. The van der Waals surface area contributed by atoms with Gasteiger partial charge < -0.3 is 19.9 Å². The highest BCUT2D eigenvalue weighted by Gasteiger charge is 2.27. The highest BCUT2D eigenvalue weighted by atomic mass is 16.5. The molecule has 0 atom stereocenters. The van der Waals surface area contributed by atoms with Crippen molar-refractivity contribution in [3.63, 3.8) is 0 Å². The zero-order chi connectivity index (χ0) is 17.1. The number of hydrogen-bond donors (Lipinski definition) is 1. The molecule has 1 aliphatic heterocycles. The number of carbonyl (C=O) groups excluding carboxylic acids is 2. The van der Waals surface area contributed by atoms with Gasteiger partial charge in [-0.2, -0.15) is 0 Å². The quantitative estimate of drug-likeness (QED) is 0.851. The van der Waals surface area contributed by atoms with E-state index in [0.717, 1.165) is 5.56 Å². The molecule has 0 aliphatic carbocycles. The smallest absolute Gasteiger partial charge is 0.255 e. The van der Waals surface area contributed by atoms with Gasteiger partial charge in [-0.1, -0.05) is 12.1 Å². The highest BCUT2D eigenvalue weighted by Crippen LogP contribution is 2.35. The van der Waals surface area contributed by atoms with Crippen LogP contribution in [0.3, 0.4) is 0 Å². The maximum atomic E-state index is 12.4. The Morgan fingerprint density at radius 2 is 2.04 bits per heavy atom. The Balaban J connectivity index is 1.84. The topological polar surface area (TPSA) is 87.8 Å². The van der Waals surface area contributed by atoms with Crippen LogP contribution in [-0.4, -0.2) is 25.4 Å². The van der Waals surface area contributed by atoms with Gasteiger partial charge >= 0.3 is 0 Å². The molecule has 1 amide bonds. The van der Waals surface area contributed by atoms with E-state index in [1.54, 1.807) is 37.5 Å². The number of primary amides is 1. The lowest BCUT2D eigenvalue weighted by atomic mass is 10.1. The number of amides is 1. The van der Waals surface area contributed by atoms with Gasteiger partial charge in [0.05, 0.1) is 12.7 Å². The fraction of sp³-hybridized carbons (Fsp3) is 0.111. The summed E-state index contributed by atoms with van der Waals surface area (Å²) in [4.78, 5) is 23.2. The third-order valence-corrected chi connectivity index (χ3v) is 3.41. The molecular formula is C18H15NO5. The molecule has 0 radical (unpaired) electrons. The summed E-state index contributed by atoms with van der Waals surface area (Å²) in [5.74, 6) is 0.902. The first-order chi connectivity index (χ1) is 11.6. The Labute approximate surface area is 138 Å². The summed E-state index contributed by atoms with van der Waals surface area (Å²) in [7, 11) is 1.58. The number of rotatable bonds is 5. The van der Waals surface area contributed by atoms with E-state index < -0.39 is 5.91 Å². The summed E-state index contributed by atoms with van der Waals surface area (Å²) in [6, 6.07) is 12.0. The minimum Gasteiger partial charge on any atom is -0.497 e. The van der Waals surface area contributed by atoms with Crippen LogP contribution in [0, 0.1) is 0 Å². The summed E-state index contributed by atoms with van der Waals surface area (Å²) in [6.07, 6.45) is 1.65. The van der Waals surface area contributed by atoms with Gasteiger partial charge in [-0.15, -0.1) is 0 Å². The zero-order valence-electron chi connectivity index (χ0n) is 12.9. The Hall–Kier alpha value is -3.28. The molecule has 2 aromatic carbocycles. The third-order valence-electron chi connectivity index (χ3n) is 3.41. The van der Waals surface area contributed by atoms with Crippen LogP contribution < -0.4 is 19.9 Å². The summed E-state index contributed by atoms with van der Waals surface area (Å²) < 4.78 is 16.0. The summed E-state index contributed by atoms with van der Waals surface area (Å²) in [5.41, 5.74) is 6.27. The second-order valence-electron chi connectivity index (χ2n) is 5.13. The number of nitrogens with two attached hydrogens (primary N) is 1. The monoisotopic (exact) mass is 325 g/mol. The van der Waals surface area contributed by atoms with Crippen molar-refractivity contribution in [2.45, 2.75) is 0 Å². The predicted molar refractivity (Wildman–Crippen MR) is 87.1 cm³/mol. The van der Waals surface area contributed by atoms with E-state index in [0.29, 0.717) is 22.8 Å².